The van der Waals surface area contributed by atoms with Crippen LogP contribution in [-0.4, -0.2) is 14.7 Å². The third-order valence-corrected chi connectivity index (χ3v) is 109. The summed E-state index contributed by atoms with van der Waals surface area (Å²) in [5, 5.41) is 0. The van der Waals surface area contributed by atoms with Crippen LogP contribution in [0.1, 0.15) is 290 Å². The quantitative estimate of drug-likeness (QED) is 0.0268. The van der Waals surface area contributed by atoms with Crippen molar-refractivity contribution in [3.8, 4) is 0 Å². The SMILES string of the molecule is CCCCCCCCCCCCCCCC[n+]1ccccc1.CCCCCCCCCCCCCCCC[n+]1ccccc1.CCCCCCCCCCCCCCCC[n+]1ccccc1.O=P(O)(O)O.[O]=[W](=[O])[O][W](=[O])(=[O])[O][W](=[O])(=[O])[O][W](=[O])(=[O])[O-].[O]=[W](=[O])[O][W](=[O])(=[O])[O][W](=[O])(=[O])[O][W](=[O])(=[O])[O-].[O]=[W](=[O])[O][W](=[O])(=[O])[O][W](=[O])(=[O])[O][W](=[O])(=[O])[O-]. The van der Waals surface area contributed by atoms with E-state index in [4.69, 9.17) is 19.2 Å². The normalized spacial score (nSPS) is 12.0. The fraction of sp³-hybridized carbons (Fsp3) is 0.762. The summed E-state index contributed by atoms with van der Waals surface area (Å²) in [6, 6.07) is 18.9. The van der Waals surface area contributed by atoms with Crippen LogP contribution >= 0.6 is 7.82 Å². The van der Waals surface area contributed by atoms with Gasteiger partial charge in [0.1, 0.15) is 19.6 Å². The molecule has 0 bridgehead atoms. The van der Waals surface area contributed by atoms with Crippen LogP contribution in [0.4, 0.5) is 0 Å². The molecular formula is C63H117N3O40PW12. The van der Waals surface area contributed by atoms with Gasteiger partial charge >= 0.3 is 323 Å². The van der Waals surface area contributed by atoms with Crippen molar-refractivity contribution in [1.82, 2.24) is 0 Å². The Hall–Kier alpha value is 0.540. The zero-order valence-corrected chi connectivity index (χ0v) is 103. The molecule has 3 aromatic heterocycles. The molecular weight excluding hydrogens is 3680 g/mol. The van der Waals surface area contributed by atoms with E-state index < -0.39 is 211 Å². The molecule has 56 heteroatoms. The fourth-order valence-corrected chi connectivity index (χ4v) is 101. The maximum atomic E-state index is 10.6. The Kier molecular flexibility index (Phi) is 79.6. The van der Waals surface area contributed by atoms with E-state index in [0.29, 0.717) is 0 Å². The summed E-state index contributed by atoms with van der Waals surface area (Å²) < 4.78 is 319. The van der Waals surface area contributed by atoms with Gasteiger partial charge in [-0.25, -0.2) is 18.3 Å². The molecule has 3 N–H and O–H groups in total. The van der Waals surface area contributed by atoms with E-state index in [2.05, 4.69) is 145 Å². The van der Waals surface area contributed by atoms with Crippen LogP contribution in [0.25, 0.3) is 0 Å². The van der Waals surface area contributed by atoms with Crippen LogP contribution in [0.2, 0.25) is 0 Å². The molecule has 0 saturated carbocycles. The number of aromatic nitrogens is 3. The van der Waals surface area contributed by atoms with Gasteiger partial charge in [-0.05, 0) is 19.3 Å². The molecule has 3 aromatic rings. The number of phosphoric acid groups is 1. The summed E-state index contributed by atoms with van der Waals surface area (Å²) in [5.41, 5.74) is 0. The van der Waals surface area contributed by atoms with E-state index in [0.717, 1.165) is 0 Å². The molecule has 0 aromatic carbocycles. The van der Waals surface area contributed by atoms with Gasteiger partial charge in [0, 0.05) is 55.7 Å². The summed E-state index contributed by atoms with van der Waals surface area (Å²) in [7, 11) is -4.64. The van der Waals surface area contributed by atoms with Crippen LogP contribution in [0.5, 0.6) is 0 Å². The van der Waals surface area contributed by atoms with Gasteiger partial charge in [0.15, 0.2) is 37.2 Å². The molecule has 0 aliphatic rings. The predicted octanol–water partition coefficient (Wildman–Crippen LogP) is 11.4. The number of pyridine rings is 3. The first-order valence-corrected chi connectivity index (χ1v) is 93.4. The van der Waals surface area contributed by atoms with Gasteiger partial charge in [0.05, 0.1) is 0 Å². The number of rotatable bonds is 63. The van der Waals surface area contributed by atoms with Crippen LogP contribution in [-0.2, 0) is 328 Å². The number of hydrogen-bond donors (Lipinski definition) is 3. The molecule has 0 unspecified atom stereocenters. The van der Waals surface area contributed by atoms with E-state index in [-0.39, 0.29) is 0 Å². The van der Waals surface area contributed by atoms with E-state index in [1.165, 1.54) is 289 Å². The average Bonchev–Trinajstić information content (AvgIpc) is 0.854. The monoisotopic (exact) mass is 3790 g/mol. The number of unbranched alkanes of at least 4 members (excludes halogenated alkanes) is 39. The molecule has 0 fully saturated rings. The number of aryl methyl sites for hydroxylation is 3. The second-order valence-electron chi connectivity index (χ2n) is 25.5. The van der Waals surface area contributed by atoms with Crippen molar-refractivity contribution in [2.45, 2.75) is 310 Å². The van der Waals surface area contributed by atoms with Crippen molar-refractivity contribution in [2.75, 3.05) is 0 Å². The Labute approximate surface area is 747 Å². The minimum atomic E-state index is -7.04. The first kappa shape index (κ1) is 126. The van der Waals surface area contributed by atoms with Gasteiger partial charge in [-0.1, -0.05) is 270 Å². The summed E-state index contributed by atoms with van der Waals surface area (Å²) in [4.78, 5) is 21.6. The first-order chi connectivity index (χ1) is 55.3. The van der Waals surface area contributed by atoms with Crippen LogP contribution in [0, 0.1) is 0 Å². The summed E-state index contributed by atoms with van der Waals surface area (Å²) in [6.07, 6.45) is 73.3. The topological polar surface area (TPSA) is 651 Å². The molecule has 43 nitrogen and oxygen atoms in total. The molecule has 0 spiro atoms. The second-order valence-corrected chi connectivity index (χ2v) is 97.8. The molecule has 0 saturated heterocycles. The average molecular weight is 3790 g/mol. The molecule has 0 aliphatic carbocycles. The molecule has 0 radical (unpaired) electrons. The van der Waals surface area contributed by atoms with Gasteiger partial charge in [-0.15, -0.1) is 0 Å². The van der Waals surface area contributed by atoms with Crippen molar-refractivity contribution < 1.29 is 348 Å². The second kappa shape index (κ2) is 75.2. The Balaban J connectivity index is -0.000000663. The van der Waals surface area contributed by atoms with Crippen LogP contribution in [0.3, 0.4) is 0 Å². The molecule has 0 amide bonds. The molecule has 0 aliphatic heterocycles. The van der Waals surface area contributed by atoms with Gasteiger partial charge in [0.2, 0.25) is 0 Å². The maximum absolute atomic E-state index is 10.6. The van der Waals surface area contributed by atoms with E-state index in [9.17, 15) is 92.8 Å². The number of nitrogens with zero attached hydrogens (tertiary/aromatic N) is 3. The van der Waals surface area contributed by atoms with Gasteiger partial charge < -0.3 is 14.7 Å². The van der Waals surface area contributed by atoms with Crippen LogP contribution < -0.4 is 25.0 Å². The zero-order chi connectivity index (χ0) is 91.3. The minimum absolute atomic E-state index is 1.18. The Morgan fingerprint density at radius 3 is 0.504 bits per heavy atom. The van der Waals surface area contributed by atoms with Crippen LogP contribution in [0.15, 0.2) is 91.8 Å². The van der Waals surface area contributed by atoms with E-state index in [1.807, 2.05) is 0 Å². The van der Waals surface area contributed by atoms with Crippen molar-refractivity contribution in [1.29, 1.82) is 0 Å². The van der Waals surface area contributed by atoms with E-state index in [1.54, 1.807) is 0 Å². The van der Waals surface area contributed by atoms with Crippen molar-refractivity contribution in [3.05, 3.63) is 91.8 Å². The fourth-order valence-electron chi connectivity index (χ4n) is 10.1. The molecule has 3 heterocycles. The van der Waals surface area contributed by atoms with Gasteiger partial charge in [-0.3, -0.25) is 0 Å². The third-order valence-electron chi connectivity index (χ3n) is 15.1. The molecule has 701 valence electrons. The first-order valence-electron chi connectivity index (χ1n) is 37.9. The van der Waals surface area contributed by atoms with Crippen molar-refractivity contribution in [3.63, 3.8) is 0 Å². The van der Waals surface area contributed by atoms with Crippen molar-refractivity contribution in [2.24, 2.45) is 0 Å². The van der Waals surface area contributed by atoms with Gasteiger partial charge in [-0.2, -0.15) is 0 Å². The van der Waals surface area contributed by atoms with E-state index >= 15 is 0 Å². The Bertz CT molecular complexity index is 4010. The zero-order valence-electron chi connectivity index (χ0n) is 66.6. The Morgan fingerprint density at radius 2 is 0.378 bits per heavy atom. The summed E-state index contributed by atoms with van der Waals surface area (Å²) in [6.45, 7) is 10.4. The molecule has 3 rings (SSSR count). The molecule has 0 atom stereocenters. The molecule has 119 heavy (non-hydrogen) atoms. The third kappa shape index (κ3) is 105. The van der Waals surface area contributed by atoms with Gasteiger partial charge in [0.25, 0.3) is 0 Å². The standard InChI is InChI=1S/3C21H38N.H3O4P.36O.12W/c3*1-2-3-4-5-6-7-8-9-10-11-12-13-14-16-19-22-20-17-15-18-21-22;1-5(2,3)4;;;;;;;;;;;;;;;;;;;;;;;;;;;;;;;;;;;;;;;;;;;;;;;;/h3*15,17-18,20-21H,2-14,16,19H2,1H3;(H3,1,2,3,4);;;;;;;;;;;;;;;;;;;;;;;;;;;;;;;;;;;;;;;;;;;;;;;;/q3*+1;;;;;;;;;;;;;;;;;;;;;;;;;;;;;;;;;;;3*-1;;;;;;;;;;;;. The van der Waals surface area contributed by atoms with Crippen molar-refractivity contribution >= 4 is 7.82 Å². The Morgan fingerprint density at radius 1 is 0.244 bits per heavy atom. The number of hydrogen-bond acceptors (Lipinski definition) is 37. The predicted molar refractivity (Wildman–Crippen MR) is 331 cm³/mol. The summed E-state index contributed by atoms with van der Waals surface area (Å²) >= 11 is -77.8. The summed E-state index contributed by atoms with van der Waals surface area (Å²) in [5.74, 6) is 0.